The smallest absolute Gasteiger partial charge is 0.357 e. The minimum atomic E-state index is -3.98. The van der Waals surface area contributed by atoms with Gasteiger partial charge in [0.15, 0.2) is 17.2 Å². The summed E-state index contributed by atoms with van der Waals surface area (Å²) >= 11 is 0. The second-order valence-electron chi connectivity index (χ2n) is 12.2. The van der Waals surface area contributed by atoms with E-state index < -0.39 is 88.8 Å². The Kier molecular flexibility index (Phi) is 9.74. The van der Waals surface area contributed by atoms with Crippen molar-refractivity contribution in [2.75, 3.05) is 39.7 Å². The summed E-state index contributed by atoms with van der Waals surface area (Å²) in [5, 5.41) is 60.6. The van der Waals surface area contributed by atoms with Crippen LogP contribution in [0.1, 0.15) is 41.1 Å². The van der Waals surface area contributed by atoms with E-state index >= 15 is 0 Å². The number of carbonyl (C=O) groups excluding carboxylic acids is 3. The van der Waals surface area contributed by atoms with Crippen molar-refractivity contribution in [2.24, 2.45) is 17.6 Å². The average Bonchev–Trinajstić information content (AvgIpc) is 3.04. The number of nitrogens with two attached hydrogens (primary N) is 1. The number of likely N-dealkylation sites (N-methyl/N-ethyl adjacent to an activating group) is 1. The largest absolute Gasteiger partial charge is 0.510 e. The van der Waals surface area contributed by atoms with Gasteiger partial charge in [-0.05, 0) is 63.7 Å². The van der Waals surface area contributed by atoms with E-state index in [9.17, 15) is 44.5 Å². The molecule has 264 valence electrons. The molecule has 0 radical (unpaired) electrons. The van der Waals surface area contributed by atoms with Crippen LogP contribution in [-0.2, 0) is 29.6 Å². The first-order valence-electron chi connectivity index (χ1n) is 15.6. The molecule has 16 heteroatoms. The number of Topliss-reactive ketones (excluding diaryl/α,β-unsaturated/α-hetero) is 2. The van der Waals surface area contributed by atoms with Crippen LogP contribution in [0.3, 0.4) is 0 Å². The maximum Gasteiger partial charge on any atom is 0.357 e. The highest BCUT2D eigenvalue weighted by atomic mass is 31.2. The highest BCUT2D eigenvalue weighted by molar-refractivity contribution is 7.54. The Morgan fingerprint density at radius 1 is 1.08 bits per heavy atom. The maximum atomic E-state index is 14.2. The lowest BCUT2D eigenvalue weighted by molar-refractivity contribution is -0.161. The fourth-order valence-corrected chi connectivity index (χ4v) is 9.10. The molecule has 1 unspecified atom stereocenters. The third-order valence-corrected chi connectivity index (χ3v) is 11.6. The lowest BCUT2D eigenvalue weighted by Crippen LogP contribution is -2.68. The summed E-state index contributed by atoms with van der Waals surface area (Å²) in [5.41, 5.74) is 1.13. The number of ether oxygens (including phenoxy) is 1. The SMILES string of the molecule is CCOP(=O)(OCC)C(Nc1ccc2c(c1O)C(=O)C1=C(O)[C@]3(O)C(=O)C(C(N)=O)=C(O)[C@H](N(C)C)[C@H]3[C@H](O)[C@@H]1C2)c1ccc(OC)cc1. The minimum Gasteiger partial charge on any atom is -0.510 e. The highest BCUT2D eigenvalue weighted by Gasteiger charge is 2.66. The summed E-state index contributed by atoms with van der Waals surface area (Å²) in [6.45, 7) is 3.33. The number of aliphatic hydroxyl groups excluding tert-OH is 3. The quantitative estimate of drug-likeness (QED) is 0.101. The van der Waals surface area contributed by atoms with E-state index in [0.717, 1.165) is 0 Å². The van der Waals surface area contributed by atoms with Gasteiger partial charge in [0.25, 0.3) is 5.91 Å². The molecule has 0 aromatic heterocycles. The molecule has 3 aliphatic rings. The van der Waals surface area contributed by atoms with E-state index in [0.29, 0.717) is 11.3 Å². The molecule has 0 fully saturated rings. The van der Waals surface area contributed by atoms with Gasteiger partial charge in [0.2, 0.25) is 5.78 Å². The lowest BCUT2D eigenvalue weighted by Gasteiger charge is -2.52. The summed E-state index contributed by atoms with van der Waals surface area (Å²) in [5.74, 6) is -9.87. The van der Waals surface area contributed by atoms with Crippen molar-refractivity contribution in [3.05, 3.63) is 75.8 Å². The van der Waals surface area contributed by atoms with Crippen LogP contribution < -0.4 is 15.8 Å². The Bertz CT molecular complexity index is 1800. The molecule has 0 heterocycles. The summed E-state index contributed by atoms with van der Waals surface area (Å²) < 4.78 is 30.6. The lowest BCUT2D eigenvalue weighted by atomic mass is 9.57. The molecule has 49 heavy (non-hydrogen) atoms. The molecule has 15 nitrogen and oxygen atoms in total. The van der Waals surface area contributed by atoms with Crippen LogP contribution in [0.25, 0.3) is 0 Å². The van der Waals surface area contributed by atoms with E-state index in [2.05, 4.69) is 5.32 Å². The number of phenolic OH excluding ortho intramolecular Hbond substituents is 1. The number of nitrogens with zero attached hydrogens (tertiary/aromatic N) is 1. The molecule has 5 rings (SSSR count). The molecular weight excluding hydrogens is 661 g/mol. The zero-order valence-electron chi connectivity index (χ0n) is 27.5. The Hall–Kier alpha value is -4.24. The van der Waals surface area contributed by atoms with Crippen LogP contribution in [0.15, 0.2) is 59.1 Å². The van der Waals surface area contributed by atoms with Crippen LogP contribution in [0.4, 0.5) is 5.69 Å². The summed E-state index contributed by atoms with van der Waals surface area (Å²) in [6.07, 6.45) is -1.84. The van der Waals surface area contributed by atoms with Gasteiger partial charge in [-0.3, -0.25) is 23.8 Å². The number of fused-ring (bicyclic) bond motifs is 3. The van der Waals surface area contributed by atoms with Gasteiger partial charge in [0.05, 0.1) is 49.6 Å². The van der Waals surface area contributed by atoms with Crippen molar-refractivity contribution < 1.29 is 58.3 Å². The van der Waals surface area contributed by atoms with Gasteiger partial charge in [-0.2, -0.15) is 0 Å². The number of anilines is 1. The zero-order valence-corrected chi connectivity index (χ0v) is 28.4. The first-order valence-corrected chi connectivity index (χ1v) is 17.2. The van der Waals surface area contributed by atoms with Gasteiger partial charge in [0, 0.05) is 11.5 Å². The van der Waals surface area contributed by atoms with Crippen molar-refractivity contribution in [1.82, 2.24) is 4.90 Å². The van der Waals surface area contributed by atoms with Crippen LogP contribution in [-0.4, -0.2) is 100 Å². The molecule has 0 spiro atoms. The van der Waals surface area contributed by atoms with Crippen LogP contribution in [0.2, 0.25) is 0 Å². The Morgan fingerprint density at radius 2 is 1.69 bits per heavy atom. The molecule has 1 amide bonds. The first kappa shape index (κ1) is 36.1. The molecule has 0 bridgehead atoms. The Balaban J connectivity index is 1.64. The molecule has 0 aliphatic heterocycles. The third-order valence-electron chi connectivity index (χ3n) is 9.34. The van der Waals surface area contributed by atoms with Gasteiger partial charge in [-0.1, -0.05) is 18.2 Å². The number of benzene rings is 2. The van der Waals surface area contributed by atoms with Gasteiger partial charge in [-0.15, -0.1) is 0 Å². The molecule has 0 saturated carbocycles. The number of amides is 1. The number of aliphatic hydroxyl groups is 4. The van der Waals surface area contributed by atoms with Gasteiger partial charge >= 0.3 is 7.60 Å². The molecule has 6 atom stereocenters. The zero-order chi connectivity index (χ0) is 36.2. The normalized spacial score (nSPS) is 25.9. The number of hydrogen-bond donors (Lipinski definition) is 7. The number of aromatic hydroxyl groups is 1. The number of primary amides is 1. The fraction of sp³-hybridized carbons (Fsp3) is 0.424. The average molecular weight is 702 g/mol. The van der Waals surface area contributed by atoms with E-state index in [1.807, 2.05) is 0 Å². The van der Waals surface area contributed by atoms with E-state index in [-0.39, 0.29) is 36.4 Å². The standard InChI is InChI=1S/C33H40N3O12P/c1-6-47-49(45,48-7-2)32(15-8-11-17(46-5)12-9-15)35-19-13-10-16-14-18-21(27(39)20(16)26(19)38)29(41)33(44)23(25(18)37)24(36(3)4)28(40)22(30(33)42)31(34)43/h8-13,18,23-25,32,35,37-38,40-41,44H,6-7,14H2,1-5H3,(H2,34,43)/t18-,23+,24-,25-,32?,33+/m1/s1. The van der Waals surface area contributed by atoms with Crippen molar-refractivity contribution >= 4 is 30.8 Å². The van der Waals surface area contributed by atoms with Gasteiger partial charge < -0.3 is 50.4 Å². The third kappa shape index (κ3) is 5.60. The van der Waals surface area contributed by atoms with Crippen molar-refractivity contribution in [3.63, 3.8) is 0 Å². The summed E-state index contributed by atoms with van der Waals surface area (Å²) in [4.78, 5) is 41.4. The van der Waals surface area contributed by atoms with Crippen LogP contribution >= 0.6 is 7.60 Å². The van der Waals surface area contributed by atoms with E-state index in [1.165, 1.54) is 38.2 Å². The second-order valence-corrected chi connectivity index (χ2v) is 14.4. The predicted octanol–water partition coefficient (Wildman–Crippen LogP) is 2.48. The maximum absolute atomic E-state index is 14.2. The molecule has 2 aromatic carbocycles. The number of nitrogens with one attached hydrogen (secondary N) is 1. The number of phenols is 1. The predicted molar refractivity (Wildman–Crippen MR) is 175 cm³/mol. The van der Waals surface area contributed by atoms with Crippen LogP contribution in [0.5, 0.6) is 11.5 Å². The van der Waals surface area contributed by atoms with Crippen molar-refractivity contribution in [2.45, 2.75) is 43.8 Å². The Morgan fingerprint density at radius 3 is 2.22 bits per heavy atom. The second kappa shape index (κ2) is 13.2. The van der Waals surface area contributed by atoms with Crippen LogP contribution in [0, 0.1) is 11.8 Å². The topological polar surface area (TPSA) is 238 Å². The minimum absolute atomic E-state index is 0.0269. The molecule has 0 saturated heterocycles. The number of ketones is 2. The van der Waals surface area contributed by atoms with E-state index in [1.54, 1.807) is 38.1 Å². The summed E-state index contributed by atoms with van der Waals surface area (Å²) in [6, 6.07) is 8.12. The van der Waals surface area contributed by atoms with Crippen molar-refractivity contribution in [1.29, 1.82) is 0 Å². The number of carbonyl (C=O) groups is 3. The van der Waals surface area contributed by atoms with Crippen molar-refractivity contribution in [3.8, 4) is 11.5 Å². The van der Waals surface area contributed by atoms with Gasteiger partial charge in [-0.25, -0.2) is 0 Å². The molecular formula is C33H40N3O12P. The molecule has 3 aliphatic carbocycles. The van der Waals surface area contributed by atoms with E-state index in [4.69, 9.17) is 19.5 Å². The number of methoxy groups -OCH3 is 1. The van der Waals surface area contributed by atoms with Gasteiger partial charge in [0.1, 0.15) is 28.6 Å². The molecule has 8 N–H and O–H groups in total. The first-order chi connectivity index (χ1) is 23.1. The highest BCUT2D eigenvalue weighted by Crippen LogP contribution is 2.61. The number of rotatable bonds is 11. The summed E-state index contributed by atoms with van der Waals surface area (Å²) in [7, 11) is 0.430. The number of hydrogen-bond acceptors (Lipinski definition) is 14. The fourth-order valence-electron chi connectivity index (χ4n) is 7.18. The molecule has 2 aromatic rings. The Labute approximate surface area is 282 Å². The monoisotopic (exact) mass is 701 g/mol.